The molecule has 1 amide bonds. The van der Waals surface area contributed by atoms with Crippen molar-refractivity contribution < 1.29 is 27.8 Å². The number of rotatable bonds is 4. The molecule has 0 radical (unpaired) electrons. The maximum absolute atomic E-state index is 13.1. The van der Waals surface area contributed by atoms with Crippen molar-refractivity contribution in [1.29, 1.82) is 0 Å². The van der Waals surface area contributed by atoms with Crippen LogP contribution in [0.4, 0.5) is 13.6 Å². The van der Waals surface area contributed by atoms with E-state index < -0.39 is 37.1 Å². The Morgan fingerprint density at radius 2 is 1.86 bits per heavy atom. The molecule has 1 aromatic rings. The zero-order valence-electron chi connectivity index (χ0n) is 11.9. The van der Waals surface area contributed by atoms with Crippen LogP contribution in [0.1, 0.15) is 26.3 Å². The maximum Gasteiger partial charge on any atom is 0.408 e. The van der Waals surface area contributed by atoms with Crippen LogP contribution in [-0.2, 0) is 15.7 Å². The Kier molecular flexibility index (Phi) is 5.87. The summed E-state index contributed by atoms with van der Waals surface area (Å²) < 4.78 is 42.4. The summed E-state index contributed by atoms with van der Waals surface area (Å²) in [6.07, 6.45) is -1.04. The molecule has 118 valence electrons. The van der Waals surface area contributed by atoms with Crippen LogP contribution in [0.2, 0.25) is 0 Å². The molecule has 0 aliphatic rings. The van der Waals surface area contributed by atoms with Gasteiger partial charge in [0.1, 0.15) is 23.0 Å². The minimum Gasteiger partial charge on any atom is -0.444 e. The molecule has 0 aromatic heterocycles. The second-order valence-corrected chi connectivity index (χ2v) is 6.89. The first-order chi connectivity index (χ1) is 9.56. The van der Waals surface area contributed by atoms with Gasteiger partial charge in [-0.2, -0.15) is 0 Å². The van der Waals surface area contributed by atoms with Crippen molar-refractivity contribution in [1.82, 2.24) is 5.32 Å². The summed E-state index contributed by atoms with van der Waals surface area (Å²) in [4.78, 5) is 20.8. The molecule has 0 heterocycles. The monoisotopic (exact) mass is 321 g/mol. The lowest BCUT2D eigenvalue weighted by Gasteiger charge is -2.22. The fraction of sp³-hybridized carbons (Fsp3) is 0.462. The second-order valence-electron chi connectivity index (χ2n) is 5.52. The van der Waals surface area contributed by atoms with Gasteiger partial charge in [0.25, 0.3) is 0 Å². The van der Waals surface area contributed by atoms with E-state index in [9.17, 15) is 23.0 Å². The minimum atomic E-state index is -3.15. The predicted octanol–water partition coefficient (Wildman–Crippen LogP) is 2.83. The van der Waals surface area contributed by atoms with Gasteiger partial charge in [0.05, 0.1) is 0 Å². The van der Waals surface area contributed by atoms with Crippen LogP contribution < -0.4 is 5.32 Å². The molecule has 1 rings (SSSR count). The van der Waals surface area contributed by atoms with Crippen molar-refractivity contribution in [2.75, 3.05) is 0 Å². The molecule has 5 nitrogen and oxygen atoms in total. The highest BCUT2D eigenvalue weighted by atomic mass is 31.1. The number of carbonyl (C=O) groups is 1. The highest BCUT2D eigenvalue weighted by Crippen LogP contribution is 2.25. The molecular weight excluding hydrogens is 303 g/mol. The Morgan fingerprint density at radius 1 is 1.33 bits per heavy atom. The average molecular weight is 321 g/mol. The molecule has 2 atom stereocenters. The summed E-state index contributed by atoms with van der Waals surface area (Å²) in [6.45, 7) is 4.93. The third kappa shape index (κ3) is 6.69. The van der Waals surface area contributed by atoms with Crippen molar-refractivity contribution in [3.63, 3.8) is 0 Å². The molecule has 0 aliphatic heterocycles. The van der Waals surface area contributed by atoms with E-state index in [2.05, 4.69) is 5.32 Å². The third-order valence-corrected chi connectivity index (χ3v) is 3.30. The number of carbonyl (C=O) groups excluding carboxylic acids is 1. The smallest absolute Gasteiger partial charge is 0.408 e. The van der Waals surface area contributed by atoms with E-state index in [4.69, 9.17) is 4.74 Å². The van der Waals surface area contributed by atoms with E-state index in [1.807, 2.05) is 0 Å². The number of nitrogens with one attached hydrogen (secondary N) is 1. The summed E-state index contributed by atoms with van der Waals surface area (Å²) in [6, 6.07) is 2.77. The number of halogens is 2. The van der Waals surface area contributed by atoms with E-state index in [1.165, 1.54) is 0 Å². The molecule has 0 saturated heterocycles. The normalized spacial score (nSPS) is 14.4. The number of ether oxygens (including phenoxy) is 1. The predicted molar refractivity (Wildman–Crippen MR) is 74.4 cm³/mol. The molecule has 0 aliphatic carbocycles. The Bertz CT molecular complexity index is 525. The molecule has 0 fully saturated rings. The van der Waals surface area contributed by atoms with E-state index in [0.29, 0.717) is 6.07 Å². The van der Waals surface area contributed by atoms with Gasteiger partial charge < -0.3 is 14.9 Å². The molecular formula is C13H18F2NO4P. The van der Waals surface area contributed by atoms with Crippen molar-refractivity contribution in [3.05, 3.63) is 35.4 Å². The van der Waals surface area contributed by atoms with Crippen LogP contribution in [-0.4, -0.2) is 22.4 Å². The first-order valence-electron chi connectivity index (χ1n) is 6.24. The number of amides is 1. The SMILES string of the molecule is CC(C)(C)OC(=O)NC(Cc1cc(F)cc(F)c1)[PH](=O)O. The van der Waals surface area contributed by atoms with Crippen LogP contribution in [0.5, 0.6) is 0 Å². The van der Waals surface area contributed by atoms with Gasteiger partial charge >= 0.3 is 6.09 Å². The average Bonchev–Trinajstić information content (AvgIpc) is 2.23. The Balaban J connectivity index is 2.78. The standard InChI is InChI=1S/C13H18F2NO4P/c1-13(2,3)20-12(17)16-11(21(18)19)6-8-4-9(14)7-10(15)5-8/h4-5,7,11,21H,6H2,1-3H3,(H,16,17)(H,18,19). The molecule has 1 aromatic carbocycles. The molecule has 0 bridgehead atoms. The van der Waals surface area contributed by atoms with Crippen LogP contribution in [0, 0.1) is 11.6 Å². The summed E-state index contributed by atoms with van der Waals surface area (Å²) in [5, 5.41) is 2.24. The second kappa shape index (κ2) is 7.00. The van der Waals surface area contributed by atoms with Gasteiger partial charge in [0.2, 0.25) is 8.03 Å². The minimum absolute atomic E-state index is 0.168. The lowest BCUT2D eigenvalue weighted by atomic mass is 10.1. The van der Waals surface area contributed by atoms with Crippen molar-refractivity contribution >= 4 is 14.1 Å². The number of benzene rings is 1. The molecule has 2 unspecified atom stereocenters. The first-order valence-corrected chi connectivity index (χ1v) is 7.67. The molecule has 0 spiro atoms. The van der Waals surface area contributed by atoms with E-state index in [0.717, 1.165) is 12.1 Å². The van der Waals surface area contributed by atoms with Gasteiger partial charge in [-0.3, -0.25) is 4.57 Å². The summed E-state index contributed by atoms with van der Waals surface area (Å²) in [7, 11) is -3.15. The fourth-order valence-electron chi connectivity index (χ4n) is 1.61. The van der Waals surface area contributed by atoms with Gasteiger partial charge in [0, 0.05) is 12.5 Å². The number of alkyl carbamates (subject to hydrolysis) is 1. The Morgan fingerprint density at radius 3 is 2.29 bits per heavy atom. The van der Waals surface area contributed by atoms with Gasteiger partial charge in [-0.25, -0.2) is 13.6 Å². The molecule has 0 saturated carbocycles. The van der Waals surface area contributed by atoms with Crippen LogP contribution in [0.3, 0.4) is 0 Å². The van der Waals surface area contributed by atoms with E-state index in [1.54, 1.807) is 20.8 Å². The van der Waals surface area contributed by atoms with Crippen molar-refractivity contribution in [3.8, 4) is 0 Å². The van der Waals surface area contributed by atoms with Crippen molar-refractivity contribution in [2.24, 2.45) is 0 Å². The van der Waals surface area contributed by atoms with Gasteiger partial charge in [-0.05, 0) is 38.5 Å². The highest BCUT2D eigenvalue weighted by molar-refractivity contribution is 7.38. The zero-order valence-corrected chi connectivity index (χ0v) is 12.9. The van der Waals surface area contributed by atoms with Crippen molar-refractivity contribution in [2.45, 2.75) is 38.6 Å². The summed E-state index contributed by atoms with van der Waals surface area (Å²) in [5.41, 5.74) is -0.592. The van der Waals surface area contributed by atoms with Gasteiger partial charge in [-0.15, -0.1) is 0 Å². The Hall–Kier alpha value is -1.46. The maximum atomic E-state index is 13.1. The lowest BCUT2D eigenvalue weighted by molar-refractivity contribution is 0.0518. The number of hydrogen-bond acceptors (Lipinski definition) is 3. The zero-order chi connectivity index (χ0) is 16.2. The van der Waals surface area contributed by atoms with Gasteiger partial charge in [-0.1, -0.05) is 0 Å². The molecule has 8 heteroatoms. The van der Waals surface area contributed by atoms with Crippen LogP contribution in [0.15, 0.2) is 18.2 Å². The van der Waals surface area contributed by atoms with Crippen LogP contribution in [0.25, 0.3) is 0 Å². The van der Waals surface area contributed by atoms with E-state index >= 15 is 0 Å². The van der Waals surface area contributed by atoms with E-state index in [-0.39, 0.29) is 12.0 Å². The Labute approximate surface area is 122 Å². The highest BCUT2D eigenvalue weighted by Gasteiger charge is 2.23. The third-order valence-electron chi connectivity index (χ3n) is 2.35. The molecule has 2 N–H and O–H groups in total. The molecule has 21 heavy (non-hydrogen) atoms. The quantitative estimate of drug-likeness (QED) is 0.836. The number of hydrogen-bond donors (Lipinski definition) is 2. The fourth-order valence-corrected chi connectivity index (χ4v) is 2.27. The first kappa shape index (κ1) is 17.6. The topological polar surface area (TPSA) is 75.6 Å². The van der Waals surface area contributed by atoms with Gasteiger partial charge in [0.15, 0.2) is 0 Å². The van der Waals surface area contributed by atoms with Crippen LogP contribution >= 0.6 is 8.03 Å². The largest absolute Gasteiger partial charge is 0.444 e. The lowest BCUT2D eigenvalue weighted by Crippen LogP contribution is -2.38. The summed E-state index contributed by atoms with van der Waals surface area (Å²) >= 11 is 0. The summed E-state index contributed by atoms with van der Waals surface area (Å²) in [5.74, 6) is -2.75.